The van der Waals surface area contributed by atoms with Crippen LogP contribution in [0.15, 0.2) is 46.1 Å². The van der Waals surface area contributed by atoms with Gasteiger partial charge in [0.2, 0.25) is 5.91 Å². The van der Waals surface area contributed by atoms with Gasteiger partial charge in [0.25, 0.3) is 5.56 Å². The van der Waals surface area contributed by atoms with Crippen LogP contribution in [-0.4, -0.2) is 26.7 Å². The first-order valence-electron chi connectivity index (χ1n) is 8.46. The summed E-state index contributed by atoms with van der Waals surface area (Å²) in [6, 6.07) is 9.40. The van der Waals surface area contributed by atoms with E-state index >= 15 is 0 Å². The highest BCUT2D eigenvalue weighted by Gasteiger charge is 2.18. The summed E-state index contributed by atoms with van der Waals surface area (Å²) in [6.07, 6.45) is 2.49. The molecule has 0 aliphatic rings. The molecule has 3 aromatic rings. The number of fused-ring (bicyclic) bond motifs is 1. The highest BCUT2D eigenvalue weighted by molar-refractivity contribution is 5.94. The molecule has 0 atom stereocenters. The van der Waals surface area contributed by atoms with E-state index in [9.17, 15) is 14.4 Å². The average Bonchev–Trinajstić information content (AvgIpc) is 3.07. The van der Waals surface area contributed by atoms with Crippen LogP contribution >= 0.6 is 0 Å². The SMILES string of the molecule is CCc1ccccc1N(C)C(=O)Cn1ccc2c(=O)n(C)c(=O)n(C)c21. The van der Waals surface area contributed by atoms with E-state index in [-0.39, 0.29) is 18.0 Å². The molecule has 2 aromatic heterocycles. The highest BCUT2D eigenvalue weighted by Crippen LogP contribution is 2.20. The van der Waals surface area contributed by atoms with Gasteiger partial charge in [0, 0.05) is 33.0 Å². The zero-order valence-corrected chi connectivity index (χ0v) is 15.4. The molecule has 0 saturated heterocycles. The summed E-state index contributed by atoms with van der Waals surface area (Å²) in [5, 5.41) is 0.416. The second-order valence-electron chi connectivity index (χ2n) is 6.32. The summed E-state index contributed by atoms with van der Waals surface area (Å²) >= 11 is 0. The van der Waals surface area contributed by atoms with Crippen molar-refractivity contribution in [1.82, 2.24) is 13.7 Å². The first-order chi connectivity index (χ1) is 12.4. The minimum absolute atomic E-state index is 0.0402. The van der Waals surface area contributed by atoms with E-state index in [4.69, 9.17) is 0 Å². The molecule has 3 rings (SSSR count). The van der Waals surface area contributed by atoms with Crippen LogP contribution in [0.5, 0.6) is 0 Å². The molecule has 1 aromatic carbocycles. The van der Waals surface area contributed by atoms with Crippen molar-refractivity contribution in [2.24, 2.45) is 14.1 Å². The molecule has 0 aliphatic carbocycles. The molecule has 0 saturated carbocycles. The maximum absolute atomic E-state index is 12.8. The van der Waals surface area contributed by atoms with Crippen LogP contribution in [0.4, 0.5) is 5.69 Å². The molecule has 0 aliphatic heterocycles. The number of benzene rings is 1. The second kappa shape index (κ2) is 6.67. The maximum atomic E-state index is 12.8. The van der Waals surface area contributed by atoms with Crippen LogP contribution in [0.1, 0.15) is 12.5 Å². The molecule has 26 heavy (non-hydrogen) atoms. The molecule has 0 radical (unpaired) electrons. The number of amides is 1. The summed E-state index contributed by atoms with van der Waals surface area (Å²) in [5.74, 6) is -0.128. The largest absolute Gasteiger partial charge is 0.332 e. The fourth-order valence-electron chi connectivity index (χ4n) is 3.24. The molecule has 2 heterocycles. The lowest BCUT2D eigenvalue weighted by Gasteiger charge is -2.21. The van der Waals surface area contributed by atoms with Gasteiger partial charge in [0.1, 0.15) is 12.2 Å². The first-order valence-corrected chi connectivity index (χ1v) is 8.46. The minimum Gasteiger partial charge on any atom is -0.324 e. The lowest BCUT2D eigenvalue weighted by molar-refractivity contribution is -0.118. The molecule has 1 amide bonds. The number of para-hydroxylation sites is 1. The van der Waals surface area contributed by atoms with Crippen molar-refractivity contribution in [2.45, 2.75) is 19.9 Å². The molecule has 136 valence electrons. The van der Waals surface area contributed by atoms with E-state index in [1.165, 1.54) is 11.6 Å². The number of hydrogen-bond acceptors (Lipinski definition) is 3. The Balaban J connectivity index is 2.00. The number of aromatic nitrogens is 3. The van der Waals surface area contributed by atoms with Crippen molar-refractivity contribution in [2.75, 3.05) is 11.9 Å². The van der Waals surface area contributed by atoms with Gasteiger partial charge in [0.05, 0.1) is 5.39 Å². The molecule has 0 unspecified atom stereocenters. The predicted octanol–water partition coefficient (Wildman–Crippen LogP) is 1.26. The van der Waals surface area contributed by atoms with Crippen molar-refractivity contribution >= 4 is 22.6 Å². The smallest absolute Gasteiger partial charge is 0.324 e. The fourth-order valence-corrected chi connectivity index (χ4v) is 3.24. The Morgan fingerprint density at radius 1 is 1.08 bits per heavy atom. The Morgan fingerprint density at radius 2 is 1.77 bits per heavy atom. The molecule has 0 N–H and O–H groups in total. The summed E-state index contributed by atoms with van der Waals surface area (Å²) in [5.41, 5.74) is 1.62. The van der Waals surface area contributed by atoms with Crippen LogP contribution in [0.2, 0.25) is 0 Å². The Hall–Kier alpha value is -3.09. The molecule has 0 fully saturated rings. The van der Waals surface area contributed by atoms with Gasteiger partial charge >= 0.3 is 5.69 Å². The number of anilines is 1. The standard InChI is InChI=1S/C19H22N4O3/c1-5-13-8-6-7-9-15(13)20(2)16(24)12-23-11-10-14-17(23)21(3)19(26)22(4)18(14)25/h6-11H,5,12H2,1-4H3. The summed E-state index contributed by atoms with van der Waals surface area (Å²) in [4.78, 5) is 38.9. The molecule has 0 bridgehead atoms. The van der Waals surface area contributed by atoms with Crippen LogP contribution in [-0.2, 0) is 31.9 Å². The number of rotatable bonds is 4. The van der Waals surface area contributed by atoms with E-state index in [0.717, 1.165) is 22.2 Å². The Kier molecular flexibility index (Phi) is 4.54. The number of hydrogen-bond donors (Lipinski definition) is 0. The zero-order valence-electron chi connectivity index (χ0n) is 15.4. The van der Waals surface area contributed by atoms with E-state index in [1.807, 2.05) is 31.2 Å². The van der Waals surface area contributed by atoms with E-state index in [2.05, 4.69) is 0 Å². The fraction of sp³-hybridized carbons (Fsp3) is 0.316. The Bertz CT molecular complexity index is 1100. The van der Waals surface area contributed by atoms with Crippen LogP contribution in [0.3, 0.4) is 0 Å². The van der Waals surface area contributed by atoms with Gasteiger partial charge in [-0.15, -0.1) is 0 Å². The van der Waals surface area contributed by atoms with Crippen molar-refractivity contribution in [3.05, 3.63) is 62.9 Å². The number of nitrogens with zero attached hydrogens (tertiary/aromatic N) is 4. The lowest BCUT2D eigenvalue weighted by Crippen LogP contribution is -2.38. The molecule has 7 nitrogen and oxygen atoms in total. The third-order valence-electron chi connectivity index (χ3n) is 4.77. The number of aryl methyl sites for hydroxylation is 2. The van der Waals surface area contributed by atoms with Crippen molar-refractivity contribution in [3.63, 3.8) is 0 Å². The van der Waals surface area contributed by atoms with Crippen molar-refractivity contribution < 1.29 is 4.79 Å². The number of carbonyl (C=O) groups is 1. The van der Waals surface area contributed by atoms with Gasteiger partial charge in [-0.3, -0.25) is 18.7 Å². The summed E-state index contributed by atoms with van der Waals surface area (Å²) < 4.78 is 4.10. The Labute approximate surface area is 150 Å². The van der Waals surface area contributed by atoms with Gasteiger partial charge < -0.3 is 9.47 Å². The normalized spacial score (nSPS) is 11.1. The quantitative estimate of drug-likeness (QED) is 0.708. The van der Waals surface area contributed by atoms with Crippen LogP contribution in [0, 0.1) is 0 Å². The topological polar surface area (TPSA) is 69.2 Å². The lowest BCUT2D eigenvalue weighted by atomic mass is 10.1. The molecule has 7 heteroatoms. The zero-order chi connectivity index (χ0) is 19.0. The minimum atomic E-state index is -0.417. The van der Waals surface area contributed by atoms with Crippen molar-refractivity contribution in [3.8, 4) is 0 Å². The molecule has 0 spiro atoms. The van der Waals surface area contributed by atoms with Crippen LogP contribution < -0.4 is 16.1 Å². The van der Waals surface area contributed by atoms with Gasteiger partial charge in [0.15, 0.2) is 0 Å². The van der Waals surface area contributed by atoms with Gasteiger partial charge in [-0.05, 0) is 24.1 Å². The molecular weight excluding hydrogens is 332 g/mol. The van der Waals surface area contributed by atoms with Gasteiger partial charge in [-0.2, -0.15) is 0 Å². The highest BCUT2D eigenvalue weighted by atomic mass is 16.2. The second-order valence-corrected chi connectivity index (χ2v) is 6.32. The third kappa shape index (κ3) is 2.75. The van der Waals surface area contributed by atoms with E-state index in [1.54, 1.807) is 35.8 Å². The van der Waals surface area contributed by atoms with E-state index in [0.29, 0.717) is 11.0 Å². The monoisotopic (exact) mass is 354 g/mol. The molecular formula is C19H22N4O3. The Morgan fingerprint density at radius 3 is 2.46 bits per heavy atom. The first kappa shape index (κ1) is 17.7. The van der Waals surface area contributed by atoms with Crippen LogP contribution in [0.25, 0.3) is 11.0 Å². The van der Waals surface area contributed by atoms with Crippen molar-refractivity contribution in [1.29, 1.82) is 0 Å². The summed E-state index contributed by atoms with van der Waals surface area (Å²) in [7, 11) is 4.78. The predicted molar refractivity (Wildman–Crippen MR) is 102 cm³/mol. The number of likely N-dealkylation sites (N-methyl/N-ethyl adjacent to an activating group) is 1. The summed E-state index contributed by atoms with van der Waals surface area (Å²) in [6.45, 7) is 2.08. The average molecular weight is 354 g/mol. The number of carbonyl (C=O) groups excluding carboxylic acids is 1. The van der Waals surface area contributed by atoms with Gasteiger partial charge in [-0.25, -0.2) is 4.79 Å². The van der Waals surface area contributed by atoms with E-state index < -0.39 is 5.69 Å². The maximum Gasteiger partial charge on any atom is 0.332 e. The third-order valence-corrected chi connectivity index (χ3v) is 4.77. The van der Waals surface area contributed by atoms with Gasteiger partial charge in [-0.1, -0.05) is 25.1 Å².